The predicted octanol–water partition coefficient (Wildman–Crippen LogP) is 2.74. The van der Waals surface area contributed by atoms with E-state index in [1.54, 1.807) is 12.1 Å². The van der Waals surface area contributed by atoms with Crippen LogP contribution in [0.15, 0.2) is 46.0 Å². The molecule has 10 nitrogen and oxygen atoms in total. The van der Waals surface area contributed by atoms with E-state index >= 15 is 0 Å². The van der Waals surface area contributed by atoms with Gasteiger partial charge in [0, 0.05) is 16.1 Å². The van der Waals surface area contributed by atoms with Gasteiger partial charge in [-0.05, 0) is 24.3 Å². The smallest absolute Gasteiger partial charge is 0.318 e. The van der Waals surface area contributed by atoms with E-state index in [0.717, 1.165) is 16.8 Å². The highest BCUT2D eigenvalue weighted by Gasteiger charge is 2.23. The first-order valence-corrected chi connectivity index (χ1v) is 7.33. The van der Waals surface area contributed by atoms with E-state index in [2.05, 4.69) is 26.5 Å². The zero-order valence-corrected chi connectivity index (χ0v) is 13.8. The number of hydrogen-bond donors (Lipinski definition) is 2. The Morgan fingerprint density at radius 2 is 1.80 bits per heavy atom. The lowest BCUT2D eigenvalue weighted by Gasteiger charge is -2.02. The van der Waals surface area contributed by atoms with Crippen molar-refractivity contribution in [1.29, 1.82) is 0 Å². The van der Waals surface area contributed by atoms with E-state index in [0.29, 0.717) is 11.6 Å². The molecule has 0 saturated heterocycles. The maximum absolute atomic E-state index is 11.9. The van der Waals surface area contributed by atoms with Crippen LogP contribution in [0.4, 0.5) is 11.4 Å². The third kappa shape index (κ3) is 4.35. The second-order valence-corrected chi connectivity index (χ2v) is 5.54. The summed E-state index contributed by atoms with van der Waals surface area (Å²) in [6.45, 7) is 0. The third-order valence-corrected chi connectivity index (χ3v) is 3.52. The van der Waals surface area contributed by atoms with E-state index < -0.39 is 32.9 Å². The van der Waals surface area contributed by atoms with E-state index in [4.69, 9.17) is 0 Å². The van der Waals surface area contributed by atoms with Crippen molar-refractivity contribution in [2.45, 2.75) is 0 Å². The lowest BCUT2D eigenvalue weighted by molar-refractivity contribution is -0.394. The maximum atomic E-state index is 11.9. The molecule has 128 valence electrons. The average Bonchev–Trinajstić information content (AvgIpc) is 2.56. The summed E-state index contributed by atoms with van der Waals surface area (Å²) in [5, 5.41) is 35.0. The molecule has 0 spiro atoms. The van der Waals surface area contributed by atoms with Gasteiger partial charge in [-0.25, -0.2) is 5.43 Å². The summed E-state index contributed by atoms with van der Waals surface area (Å²) in [6.07, 6.45) is 0.881. The van der Waals surface area contributed by atoms with Crippen LogP contribution < -0.4 is 5.43 Å². The number of phenolic OH excluding ortho intramolecular Hbond substituents is 1. The molecule has 0 aliphatic heterocycles. The Bertz CT molecular complexity index is 882. The van der Waals surface area contributed by atoms with Crippen LogP contribution in [0.3, 0.4) is 0 Å². The molecule has 0 aromatic heterocycles. The molecule has 0 heterocycles. The molecule has 11 heteroatoms. The largest absolute Gasteiger partial charge is 0.502 e. The summed E-state index contributed by atoms with van der Waals surface area (Å²) in [7, 11) is 0. The molecular formula is C14H9BrN4O6. The highest BCUT2D eigenvalue weighted by Crippen LogP contribution is 2.33. The molecule has 0 aliphatic rings. The van der Waals surface area contributed by atoms with Gasteiger partial charge in [0.05, 0.1) is 27.7 Å². The SMILES string of the molecule is O=C(N/N=C/c1cc([N+](=O)[O-])cc([N+](=O)[O-])c1O)c1ccc(Br)cc1. The molecule has 2 N–H and O–H groups in total. The van der Waals surface area contributed by atoms with Gasteiger partial charge in [-0.3, -0.25) is 25.0 Å². The highest BCUT2D eigenvalue weighted by atomic mass is 79.9. The molecule has 0 fully saturated rings. The van der Waals surface area contributed by atoms with Crippen LogP contribution in [0.5, 0.6) is 5.75 Å². The number of hydrogen-bond acceptors (Lipinski definition) is 7. The van der Waals surface area contributed by atoms with Crippen LogP contribution in [0, 0.1) is 20.2 Å². The average molecular weight is 409 g/mol. The van der Waals surface area contributed by atoms with Gasteiger partial charge in [0.2, 0.25) is 5.75 Å². The number of carbonyl (C=O) groups excluding carboxylic acids is 1. The second kappa shape index (κ2) is 7.49. The Labute approximate surface area is 148 Å². The van der Waals surface area contributed by atoms with Crippen LogP contribution in [0.2, 0.25) is 0 Å². The Hall–Kier alpha value is -3.34. The summed E-state index contributed by atoms with van der Waals surface area (Å²) < 4.78 is 0.779. The van der Waals surface area contributed by atoms with Gasteiger partial charge in [0.25, 0.3) is 11.6 Å². The molecule has 1 amide bonds. The number of halogens is 1. The number of nitro benzene ring substituents is 2. The quantitative estimate of drug-likeness (QED) is 0.441. The number of non-ortho nitro benzene ring substituents is 1. The van der Waals surface area contributed by atoms with Gasteiger partial charge in [0.15, 0.2) is 0 Å². The van der Waals surface area contributed by atoms with Crippen LogP contribution in [-0.4, -0.2) is 27.1 Å². The molecular weight excluding hydrogens is 400 g/mol. The van der Waals surface area contributed by atoms with Crippen molar-refractivity contribution in [3.63, 3.8) is 0 Å². The van der Waals surface area contributed by atoms with Crippen LogP contribution in [-0.2, 0) is 0 Å². The Morgan fingerprint density at radius 1 is 1.16 bits per heavy atom. The van der Waals surface area contributed by atoms with E-state index in [9.17, 15) is 30.1 Å². The number of benzene rings is 2. The minimum atomic E-state index is -0.958. The molecule has 2 rings (SSSR count). The Kier molecular flexibility index (Phi) is 5.39. The molecule has 0 atom stereocenters. The van der Waals surface area contributed by atoms with Crippen LogP contribution in [0.25, 0.3) is 0 Å². The number of amides is 1. The number of rotatable bonds is 5. The Morgan fingerprint density at radius 3 is 2.36 bits per heavy atom. The van der Waals surface area contributed by atoms with Gasteiger partial charge in [-0.15, -0.1) is 0 Å². The van der Waals surface area contributed by atoms with E-state index in [-0.39, 0.29) is 5.56 Å². The van der Waals surface area contributed by atoms with Crippen molar-refractivity contribution in [3.8, 4) is 5.75 Å². The molecule has 0 unspecified atom stereocenters. The summed E-state index contributed by atoms with van der Waals surface area (Å²) in [5.74, 6) is -1.36. The molecule has 0 bridgehead atoms. The molecule has 2 aromatic carbocycles. The topological polar surface area (TPSA) is 148 Å². The van der Waals surface area contributed by atoms with Crippen molar-refractivity contribution in [3.05, 3.63) is 72.2 Å². The summed E-state index contributed by atoms with van der Waals surface area (Å²) in [4.78, 5) is 31.7. The zero-order chi connectivity index (χ0) is 18.6. The lowest BCUT2D eigenvalue weighted by atomic mass is 10.1. The molecule has 0 saturated carbocycles. The number of hydrazone groups is 1. The van der Waals surface area contributed by atoms with Gasteiger partial charge in [0.1, 0.15) is 0 Å². The van der Waals surface area contributed by atoms with Gasteiger partial charge in [-0.2, -0.15) is 5.10 Å². The first-order valence-electron chi connectivity index (χ1n) is 6.54. The second-order valence-electron chi connectivity index (χ2n) is 4.62. The lowest BCUT2D eigenvalue weighted by Crippen LogP contribution is -2.17. The van der Waals surface area contributed by atoms with Crippen molar-refractivity contribution in [2.24, 2.45) is 5.10 Å². The van der Waals surface area contributed by atoms with E-state index in [1.165, 1.54) is 12.1 Å². The third-order valence-electron chi connectivity index (χ3n) is 2.99. The number of nitrogens with zero attached hydrogens (tertiary/aromatic N) is 3. The monoisotopic (exact) mass is 408 g/mol. The first kappa shape index (κ1) is 18.0. The van der Waals surface area contributed by atoms with Gasteiger partial charge < -0.3 is 5.11 Å². The predicted molar refractivity (Wildman–Crippen MR) is 90.6 cm³/mol. The molecule has 0 radical (unpaired) electrons. The highest BCUT2D eigenvalue weighted by molar-refractivity contribution is 9.10. The summed E-state index contributed by atoms with van der Waals surface area (Å²) >= 11 is 3.22. The number of aromatic hydroxyl groups is 1. The summed E-state index contributed by atoms with van der Waals surface area (Å²) in [6, 6.07) is 7.89. The standard InChI is InChI=1S/C14H9BrN4O6/c15-10-3-1-8(2-4-10)14(21)17-16-7-9-5-11(18(22)23)6-12(13(9)20)19(24)25/h1-7,20H,(H,17,21)/b16-7+. The fourth-order valence-electron chi connectivity index (χ4n) is 1.79. The number of phenols is 1. The molecule has 2 aromatic rings. The maximum Gasteiger partial charge on any atom is 0.318 e. The Balaban J connectivity index is 2.25. The van der Waals surface area contributed by atoms with E-state index in [1.807, 2.05) is 0 Å². The van der Waals surface area contributed by atoms with Crippen LogP contribution in [0.1, 0.15) is 15.9 Å². The van der Waals surface area contributed by atoms with Gasteiger partial charge in [-0.1, -0.05) is 15.9 Å². The fourth-order valence-corrected chi connectivity index (χ4v) is 2.06. The minimum Gasteiger partial charge on any atom is -0.502 e. The van der Waals surface area contributed by atoms with Crippen molar-refractivity contribution < 1.29 is 19.7 Å². The van der Waals surface area contributed by atoms with Crippen LogP contribution >= 0.6 is 15.9 Å². The summed E-state index contributed by atoms with van der Waals surface area (Å²) in [5.41, 5.74) is 0.745. The van der Waals surface area contributed by atoms with Crippen molar-refractivity contribution in [1.82, 2.24) is 5.43 Å². The first-order chi connectivity index (χ1) is 11.8. The number of nitrogens with one attached hydrogen (secondary N) is 1. The normalized spacial score (nSPS) is 10.6. The number of nitro groups is 2. The van der Waals surface area contributed by atoms with Gasteiger partial charge >= 0.3 is 5.69 Å². The minimum absolute atomic E-state index is 0.281. The number of carbonyl (C=O) groups is 1. The molecule has 25 heavy (non-hydrogen) atoms. The van der Waals surface area contributed by atoms with Crippen molar-refractivity contribution >= 4 is 39.4 Å². The fraction of sp³-hybridized carbons (Fsp3) is 0. The van der Waals surface area contributed by atoms with Crippen molar-refractivity contribution in [2.75, 3.05) is 0 Å². The molecule has 0 aliphatic carbocycles. The zero-order valence-electron chi connectivity index (χ0n) is 12.2.